The van der Waals surface area contributed by atoms with Crippen LogP contribution in [0.3, 0.4) is 0 Å². The Morgan fingerprint density at radius 1 is 1.38 bits per heavy atom. The van der Waals surface area contributed by atoms with Gasteiger partial charge in [0.25, 0.3) is 5.91 Å². The Kier molecular flexibility index (Phi) is 5.28. The van der Waals surface area contributed by atoms with Gasteiger partial charge in [-0.15, -0.1) is 0 Å². The first-order chi connectivity index (χ1) is 11.1. The number of hydrogen-bond acceptors (Lipinski definition) is 4. The van der Waals surface area contributed by atoms with E-state index >= 15 is 0 Å². The maximum absolute atomic E-state index is 12.8. The van der Waals surface area contributed by atoms with Gasteiger partial charge in [0.1, 0.15) is 0 Å². The molecule has 0 aliphatic carbocycles. The maximum Gasteiger partial charge on any atom is 0.252 e. The third-order valence-corrected chi connectivity index (χ3v) is 3.84. The Bertz CT molecular complexity index is 728. The number of nitrogens with one attached hydrogen (secondary N) is 1. The smallest absolute Gasteiger partial charge is 0.252 e. The lowest BCUT2D eigenvalue weighted by molar-refractivity contribution is 0.0899. The number of aromatic nitrogens is 3. The summed E-state index contributed by atoms with van der Waals surface area (Å²) >= 11 is 0. The molecule has 1 amide bonds. The van der Waals surface area contributed by atoms with Crippen LogP contribution in [-0.2, 0) is 0 Å². The molecule has 2 rings (SSSR count). The summed E-state index contributed by atoms with van der Waals surface area (Å²) in [4.78, 5) is 17.3. The van der Waals surface area contributed by atoms with E-state index in [0.29, 0.717) is 17.6 Å². The van der Waals surface area contributed by atoms with Gasteiger partial charge in [0.15, 0.2) is 5.65 Å². The van der Waals surface area contributed by atoms with E-state index in [-0.39, 0.29) is 30.0 Å². The number of amides is 1. The number of rotatable bonds is 5. The molecule has 0 saturated heterocycles. The molecule has 6 nitrogen and oxygen atoms in total. The highest BCUT2D eigenvalue weighted by Gasteiger charge is 2.22. The first kappa shape index (κ1) is 18.4. The SMILES string of the molecule is Cc1cc(C(=O)NC(CO)CC(C)(C)C)c2cnn(C(C)C)c2n1. The van der Waals surface area contributed by atoms with E-state index in [1.54, 1.807) is 12.3 Å². The molecule has 132 valence electrons. The predicted octanol–water partition coefficient (Wildman–Crippen LogP) is 2.85. The van der Waals surface area contributed by atoms with Gasteiger partial charge < -0.3 is 10.4 Å². The van der Waals surface area contributed by atoms with Gasteiger partial charge in [-0.1, -0.05) is 20.8 Å². The lowest BCUT2D eigenvalue weighted by Crippen LogP contribution is -2.40. The van der Waals surface area contributed by atoms with Gasteiger partial charge in [0.05, 0.1) is 29.8 Å². The predicted molar refractivity (Wildman–Crippen MR) is 95.1 cm³/mol. The summed E-state index contributed by atoms with van der Waals surface area (Å²) in [6.07, 6.45) is 2.39. The number of aliphatic hydroxyl groups excluding tert-OH is 1. The molecule has 2 N–H and O–H groups in total. The summed E-state index contributed by atoms with van der Waals surface area (Å²) < 4.78 is 1.82. The molecule has 6 heteroatoms. The molecule has 0 spiro atoms. The summed E-state index contributed by atoms with van der Waals surface area (Å²) in [5.41, 5.74) is 2.06. The van der Waals surface area contributed by atoms with Crippen LogP contribution in [0.5, 0.6) is 0 Å². The zero-order valence-electron chi connectivity index (χ0n) is 15.4. The third-order valence-electron chi connectivity index (χ3n) is 3.84. The molecule has 0 aliphatic rings. The van der Waals surface area contributed by atoms with Crippen molar-refractivity contribution in [2.45, 2.75) is 60.0 Å². The topological polar surface area (TPSA) is 80.0 Å². The van der Waals surface area contributed by atoms with Crippen molar-refractivity contribution in [1.29, 1.82) is 0 Å². The van der Waals surface area contributed by atoms with Crippen LogP contribution in [0.1, 0.15) is 63.1 Å². The highest BCUT2D eigenvalue weighted by Crippen LogP contribution is 2.23. The minimum Gasteiger partial charge on any atom is -0.394 e. The molecular weight excluding hydrogens is 304 g/mol. The monoisotopic (exact) mass is 332 g/mol. The second-order valence-electron chi connectivity index (χ2n) is 7.85. The van der Waals surface area contributed by atoms with Crippen LogP contribution in [0.25, 0.3) is 11.0 Å². The van der Waals surface area contributed by atoms with Crippen LogP contribution >= 0.6 is 0 Å². The van der Waals surface area contributed by atoms with E-state index in [2.05, 4.69) is 36.2 Å². The molecule has 2 aromatic heterocycles. The van der Waals surface area contributed by atoms with Crippen molar-refractivity contribution in [3.05, 3.63) is 23.5 Å². The highest BCUT2D eigenvalue weighted by molar-refractivity contribution is 6.05. The first-order valence-corrected chi connectivity index (χ1v) is 8.39. The Labute approximate surface area is 143 Å². The van der Waals surface area contributed by atoms with Gasteiger partial charge in [-0.2, -0.15) is 5.10 Å². The van der Waals surface area contributed by atoms with Crippen LogP contribution in [0, 0.1) is 12.3 Å². The quantitative estimate of drug-likeness (QED) is 0.882. The van der Waals surface area contributed by atoms with E-state index in [1.807, 2.05) is 25.5 Å². The minimum atomic E-state index is -0.277. The number of hydrogen-bond donors (Lipinski definition) is 2. The fourth-order valence-corrected chi connectivity index (χ4v) is 2.87. The summed E-state index contributed by atoms with van der Waals surface area (Å²) in [5.74, 6) is -0.197. The number of aliphatic hydroxyl groups is 1. The zero-order valence-corrected chi connectivity index (χ0v) is 15.4. The van der Waals surface area contributed by atoms with Gasteiger partial charge >= 0.3 is 0 Å². The van der Waals surface area contributed by atoms with Crippen molar-refractivity contribution in [3.63, 3.8) is 0 Å². The molecule has 2 heterocycles. The van der Waals surface area contributed by atoms with Crippen LogP contribution in [-0.4, -0.2) is 38.4 Å². The van der Waals surface area contributed by atoms with E-state index in [1.165, 1.54) is 0 Å². The van der Waals surface area contributed by atoms with E-state index in [4.69, 9.17) is 0 Å². The van der Waals surface area contributed by atoms with Gasteiger partial charge in [-0.25, -0.2) is 9.67 Å². The van der Waals surface area contributed by atoms with E-state index in [0.717, 1.165) is 11.1 Å². The van der Waals surface area contributed by atoms with Gasteiger partial charge in [0.2, 0.25) is 0 Å². The van der Waals surface area contributed by atoms with Crippen molar-refractivity contribution < 1.29 is 9.90 Å². The summed E-state index contributed by atoms with van der Waals surface area (Å²) in [5, 5.41) is 17.6. The fourth-order valence-electron chi connectivity index (χ4n) is 2.87. The average Bonchev–Trinajstić information content (AvgIpc) is 2.87. The van der Waals surface area contributed by atoms with Crippen LogP contribution in [0.15, 0.2) is 12.3 Å². The second-order valence-corrected chi connectivity index (χ2v) is 7.85. The van der Waals surface area contributed by atoms with E-state index < -0.39 is 0 Å². The Morgan fingerprint density at radius 3 is 2.58 bits per heavy atom. The molecule has 0 saturated carbocycles. The largest absolute Gasteiger partial charge is 0.394 e. The van der Waals surface area contributed by atoms with Crippen molar-refractivity contribution in [2.75, 3.05) is 6.61 Å². The number of carbonyl (C=O) groups excluding carboxylic acids is 1. The normalized spacial score (nSPS) is 13.5. The molecule has 0 radical (unpaired) electrons. The minimum absolute atomic E-state index is 0.0205. The lowest BCUT2D eigenvalue weighted by Gasteiger charge is -2.25. The van der Waals surface area contributed by atoms with Crippen molar-refractivity contribution in [3.8, 4) is 0 Å². The standard InChI is InChI=1S/C18H28N4O2/c1-11(2)22-16-15(9-19-22)14(7-12(3)20-16)17(24)21-13(10-23)8-18(4,5)6/h7,9,11,13,23H,8,10H2,1-6H3,(H,21,24). The average molecular weight is 332 g/mol. The summed E-state index contributed by atoms with van der Waals surface area (Å²) in [6, 6.07) is 1.66. The van der Waals surface area contributed by atoms with Gasteiger partial charge in [0, 0.05) is 11.7 Å². The first-order valence-electron chi connectivity index (χ1n) is 8.39. The molecular formula is C18H28N4O2. The molecule has 1 unspecified atom stereocenters. The molecule has 0 aliphatic heterocycles. The van der Waals surface area contributed by atoms with Gasteiger partial charge in [-0.05, 0) is 38.7 Å². The number of carbonyl (C=O) groups is 1. The zero-order chi connectivity index (χ0) is 18.1. The van der Waals surface area contributed by atoms with Crippen LogP contribution in [0.4, 0.5) is 0 Å². The van der Waals surface area contributed by atoms with Crippen LogP contribution < -0.4 is 5.32 Å². The number of aryl methyl sites for hydroxylation is 1. The van der Waals surface area contributed by atoms with Gasteiger partial charge in [-0.3, -0.25) is 4.79 Å². The summed E-state index contributed by atoms with van der Waals surface area (Å²) in [7, 11) is 0. The van der Waals surface area contributed by atoms with Crippen molar-refractivity contribution in [1.82, 2.24) is 20.1 Å². The lowest BCUT2D eigenvalue weighted by atomic mass is 9.88. The second kappa shape index (κ2) is 6.89. The Hall–Kier alpha value is -1.95. The molecule has 24 heavy (non-hydrogen) atoms. The van der Waals surface area contributed by atoms with Crippen molar-refractivity contribution >= 4 is 16.9 Å². The van der Waals surface area contributed by atoms with Crippen molar-refractivity contribution in [2.24, 2.45) is 5.41 Å². The fraction of sp³-hybridized carbons (Fsp3) is 0.611. The molecule has 0 aromatic carbocycles. The molecule has 2 aromatic rings. The summed E-state index contributed by atoms with van der Waals surface area (Å²) in [6.45, 7) is 12.1. The highest BCUT2D eigenvalue weighted by atomic mass is 16.3. The number of nitrogens with zero attached hydrogens (tertiary/aromatic N) is 3. The number of fused-ring (bicyclic) bond motifs is 1. The molecule has 0 bridgehead atoms. The van der Waals surface area contributed by atoms with Crippen LogP contribution in [0.2, 0.25) is 0 Å². The Morgan fingerprint density at radius 2 is 2.04 bits per heavy atom. The molecule has 0 fully saturated rings. The Balaban J connectivity index is 2.35. The molecule has 1 atom stereocenters. The third kappa shape index (κ3) is 4.12. The maximum atomic E-state index is 12.8. The number of pyridine rings is 1. The van der Waals surface area contributed by atoms with E-state index in [9.17, 15) is 9.90 Å².